The molecule has 0 bridgehead atoms. The van der Waals surface area contributed by atoms with Crippen molar-refractivity contribution in [2.45, 2.75) is 84.2 Å². The highest BCUT2D eigenvalue weighted by Gasteiger charge is 2.36. The number of rotatable bonds is 6. The first kappa shape index (κ1) is 17.8. The maximum Gasteiger partial charge on any atom is 0.339 e. The van der Waals surface area contributed by atoms with E-state index in [-0.39, 0.29) is 10.7 Å². The van der Waals surface area contributed by atoms with Gasteiger partial charge in [0.25, 0.3) is 0 Å². The maximum atomic E-state index is 12.0. The van der Waals surface area contributed by atoms with Crippen LogP contribution in [0.15, 0.2) is 0 Å². The molecule has 18 heavy (non-hydrogen) atoms. The quantitative estimate of drug-likeness (QED) is 0.533. The fourth-order valence-electron chi connectivity index (χ4n) is 1.01. The van der Waals surface area contributed by atoms with Crippen molar-refractivity contribution in [2.75, 3.05) is 0 Å². The smallest absolute Gasteiger partial charge is 0.339 e. The Bertz CT molecular complexity index is 275. The number of ether oxygens (including phenoxy) is 1. The normalized spacial score (nSPS) is 13.6. The summed E-state index contributed by atoms with van der Waals surface area (Å²) in [5, 5.41) is 0. The third-order valence-electron chi connectivity index (χ3n) is 2.84. The Balaban J connectivity index is 4.52. The van der Waals surface area contributed by atoms with Gasteiger partial charge in [-0.05, 0) is 66.4 Å². The van der Waals surface area contributed by atoms with Gasteiger partial charge in [0.05, 0.1) is 0 Å². The Morgan fingerprint density at radius 1 is 1.00 bits per heavy atom. The van der Waals surface area contributed by atoms with Crippen molar-refractivity contribution >= 4 is 18.0 Å². The Hall–Kier alpha value is -0.220. The molecule has 0 aromatic carbocycles. The Labute approximate surface area is 116 Å². The standard InChI is InChI=1S/C14H28O3S/c1-9-14(8,10-2)18-17-13(6,7)11(15)16-12(3,4)5/h9-10H2,1-8H3. The summed E-state index contributed by atoms with van der Waals surface area (Å²) in [5.74, 6) is -0.322. The summed E-state index contributed by atoms with van der Waals surface area (Å²) in [6.45, 7) is 15.5. The lowest BCUT2D eigenvalue weighted by Crippen LogP contribution is -2.40. The van der Waals surface area contributed by atoms with Gasteiger partial charge in [-0.25, -0.2) is 4.79 Å². The molecule has 0 aliphatic carbocycles. The van der Waals surface area contributed by atoms with Crippen LogP contribution in [0.5, 0.6) is 0 Å². The molecule has 0 aromatic rings. The fraction of sp³-hybridized carbons (Fsp3) is 0.929. The van der Waals surface area contributed by atoms with Crippen molar-refractivity contribution in [1.29, 1.82) is 0 Å². The van der Waals surface area contributed by atoms with E-state index in [9.17, 15) is 4.79 Å². The van der Waals surface area contributed by atoms with E-state index in [1.807, 2.05) is 20.8 Å². The Morgan fingerprint density at radius 3 is 1.78 bits per heavy atom. The molecule has 0 aromatic heterocycles. The summed E-state index contributed by atoms with van der Waals surface area (Å²) in [5.41, 5.74) is -1.41. The van der Waals surface area contributed by atoms with Crippen molar-refractivity contribution in [3.8, 4) is 0 Å². The zero-order valence-electron chi connectivity index (χ0n) is 13.0. The number of esters is 1. The lowest BCUT2D eigenvalue weighted by atomic mass is 10.1. The highest BCUT2D eigenvalue weighted by atomic mass is 32.2. The summed E-state index contributed by atoms with van der Waals surface area (Å²) in [6.07, 6.45) is 2.00. The molecule has 0 atom stereocenters. The summed E-state index contributed by atoms with van der Waals surface area (Å²) in [4.78, 5) is 12.0. The van der Waals surface area contributed by atoms with E-state index in [1.54, 1.807) is 13.8 Å². The first-order valence-corrected chi connectivity index (χ1v) is 7.30. The van der Waals surface area contributed by atoms with E-state index in [0.29, 0.717) is 0 Å². The molecule has 4 heteroatoms. The number of hydrogen-bond acceptors (Lipinski definition) is 4. The zero-order chi connectivity index (χ0) is 14.6. The third kappa shape index (κ3) is 6.10. The lowest BCUT2D eigenvalue weighted by molar-refractivity contribution is -0.170. The van der Waals surface area contributed by atoms with Gasteiger partial charge in [0, 0.05) is 4.75 Å². The summed E-state index contributed by atoms with van der Waals surface area (Å²) >= 11 is 1.38. The van der Waals surface area contributed by atoms with Crippen LogP contribution in [0.25, 0.3) is 0 Å². The second-order valence-electron chi connectivity index (χ2n) is 6.34. The summed E-state index contributed by atoms with van der Waals surface area (Å²) < 4.78 is 11.1. The van der Waals surface area contributed by atoms with Crippen LogP contribution < -0.4 is 0 Å². The number of carbonyl (C=O) groups is 1. The van der Waals surface area contributed by atoms with Crippen LogP contribution >= 0.6 is 12.0 Å². The highest BCUT2D eigenvalue weighted by molar-refractivity contribution is 7.96. The van der Waals surface area contributed by atoms with E-state index >= 15 is 0 Å². The minimum Gasteiger partial charge on any atom is -0.458 e. The molecular formula is C14H28O3S. The molecule has 0 heterocycles. The van der Waals surface area contributed by atoms with E-state index in [1.165, 1.54) is 12.0 Å². The Kier molecular flexibility index (Phi) is 6.21. The number of hydrogen-bond donors (Lipinski definition) is 0. The molecule has 0 aliphatic heterocycles. The predicted octanol–water partition coefficient (Wildman–Crippen LogP) is 4.35. The molecule has 108 valence electrons. The second kappa shape index (κ2) is 6.29. The molecule has 0 saturated heterocycles. The lowest BCUT2D eigenvalue weighted by Gasteiger charge is -2.32. The molecule has 3 nitrogen and oxygen atoms in total. The highest BCUT2D eigenvalue weighted by Crippen LogP contribution is 2.36. The third-order valence-corrected chi connectivity index (χ3v) is 4.32. The van der Waals surface area contributed by atoms with Gasteiger partial charge in [0.15, 0.2) is 5.60 Å². The largest absolute Gasteiger partial charge is 0.458 e. The van der Waals surface area contributed by atoms with Gasteiger partial charge in [-0.2, -0.15) is 0 Å². The van der Waals surface area contributed by atoms with Crippen molar-refractivity contribution < 1.29 is 13.7 Å². The molecule has 0 unspecified atom stereocenters. The molecule has 0 N–H and O–H groups in total. The minimum absolute atomic E-state index is 0.0410. The van der Waals surface area contributed by atoms with Gasteiger partial charge in [-0.1, -0.05) is 13.8 Å². The van der Waals surface area contributed by atoms with Crippen molar-refractivity contribution in [3.63, 3.8) is 0 Å². The molecule has 0 fully saturated rings. The fourth-order valence-corrected chi connectivity index (χ4v) is 1.72. The molecular weight excluding hydrogens is 248 g/mol. The summed E-state index contributed by atoms with van der Waals surface area (Å²) in [6, 6.07) is 0. The van der Waals surface area contributed by atoms with Crippen LogP contribution in [0.1, 0.15) is 68.2 Å². The molecule has 0 radical (unpaired) electrons. The van der Waals surface area contributed by atoms with Gasteiger partial charge < -0.3 is 4.74 Å². The van der Waals surface area contributed by atoms with Gasteiger partial charge in [-0.15, -0.1) is 0 Å². The molecule has 0 amide bonds. The Morgan fingerprint density at radius 2 is 1.44 bits per heavy atom. The van der Waals surface area contributed by atoms with Crippen LogP contribution in [0.3, 0.4) is 0 Å². The van der Waals surface area contributed by atoms with E-state index in [2.05, 4.69) is 20.8 Å². The van der Waals surface area contributed by atoms with Gasteiger partial charge >= 0.3 is 5.97 Å². The van der Waals surface area contributed by atoms with Gasteiger partial charge in [0.2, 0.25) is 0 Å². The van der Waals surface area contributed by atoms with Crippen LogP contribution in [0, 0.1) is 0 Å². The van der Waals surface area contributed by atoms with E-state index in [4.69, 9.17) is 8.92 Å². The first-order chi connectivity index (χ1) is 7.96. The molecule has 0 spiro atoms. The predicted molar refractivity (Wildman–Crippen MR) is 77.6 cm³/mol. The minimum atomic E-state index is -0.927. The second-order valence-corrected chi connectivity index (χ2v) is 7.65. The van der Waals surface area contributed by atoms with E-state index < -0.39 is 11.2 Å². The first-order valence-electron chi connectivity index (χ1n) is 6.56. The van der Waals surface area contributed by atoms with Crippen LogP contribution in [0.2, 0.25) is 0 Å². The van der Waals surface area contributed by atoms with Gasteiger partial charge in [0.1, 0.15) is 5.60 Å². The number of carbonyl (C=O) groups excluding carboxylic acids is 1. The summed E-state index contributed by atoms with van der Waals surface area (Å²) in [7, 11) is 0. The van der Waals surface area contributed by atoms with Crippen LogP contribution in [0.4, 0.5) is 0 Å². The average molecular weight is 276 g/mol. The van der Waals surface area contributed by atoms with Crippen LogP contribution in [-0.4, -0.2) is 21.9 Å². The molecule has 0 aliphatic rings. The zero-order valence-corrected chi connectivity index (χ0v) is 13.9. The molecule has 0 saturated carbocycles. The van der Waals surface area contributed by atoms with Crippen molar-refractivity contribution in [2.24, 2.45) is 0 Å². The maximum absolute atomic E-state index is 12.0. The average Bonchev–Trinajstić information content (AvgIpc) is 2.24. The van der Waals surface area contributed by atoms with Crippen molar-refractivity contribution in [1.82, 2.24) is 0 Å². The monoisotopic (exact) mass is 276 g/mol. The molecule has 0 rings (SSSR count). The SMILES string of the molecule is CCC(C)(CC)SOC(C)(C)C(=O)OC(C)(C)C. The van der Waals surface area contributed by atoms with E-state index in [0.717, 1.165) is 12.8 Å². The van der Waals surface area contributed by atoms with Crippen molar-refractivity contribution in [3.05, 3.63) is 0 Å². The van der Waals surface area contributed by atoms with Gasteiger partial charge in [-0.3, -0.25) is 4.18 Å². The van der Waals surface area contributed by atoms with Crippen LogP contribution in [-0.2, 0) is 13.7 Å². The topological polar surface area (TPSA) is 35.5 Å².